The second-order valence-corrected chi connectivity index (χ2v) is 16.0. The first kappa shape index (κ1) is 40.6. The van der Waals surface area contributed by atoms with Gasteiger partial charge in [-0.1, -0.05) is 83.9 Å². The fourth-order valence-electron chi connectivity index (χ4n) is 7.87. The monoisotopic (exact) mass is 843 g/mol. The lowest BCUT2D eigenvalue weighted by Gasteiger charge is -2.38. The number of fused-ring (bicyclic) bond motifs is 2. The normalized spacial score (nSPS) is 18.6. The largest absolute Gasteiger partial charge is 0.489 e. The van der Waals surface area contributed by atoms with Crippen LogP contribution < -0.4 is 14.8 Å². The molecule has 5 aromatic carbocycles. The van der Waals surface area contributed by atoms with Crippen molar-refractivity contribution in [3.8, 4) is 28.7 Å². The number of nitrogens with one attached hydrogen (secondary N) is 1. The lowest BCUT2D eigenvalue weighted by molar-refractivity contribution is -0.150. The lowest BCUT2D eigenvalue weighted by Crippen LogP contribution is -2.57. The number of ether oxygens (including phenoxy) is 3. The topological polar surface area (TPSA) is 155 Å². The Morgan fingerprint density at radius 2 is 1.60 bits per heavy atom. The second-order valence-electron chi connectivity index (χ2n) is 15.2. The molecular weight excluding hydrogens is 805 g/mol. The van der Waals surface area contributed by atoms with Crippen LogP contribution in [-0.4, -0.2) is 58.4 Å². The maximum absolute atomic E-state index is 14.1. The molecule has 0 radical (unpaired) electrons. The number of benzene rings is 5. The Morgan fingerprint density at radius 1 is 0.883 bits per heavy atom. The van der Waals surface area contributed by atoms with E-state index in [2.05, 4.69) is 11.4 Å². The molecule has 1 saturated heterocycles. The summed E-state index contributed by atoms with van der Waals surface area (Å²) < 4.78 is 18.0. The van der Waals surface area contributed by atoms with Gasteiger partial charge >= 0.3 is 5.97 Å². The van der Waals surface area contributed by atoms with Crippen molar-refractivity contribution in [2.75, 3.05) is 6.61 Å². The van der Waals surface area contributed by atoms with Crippen LogP contribution in [-0.2, 0) is 56.3 Å². The number of carbonyl (C=O) groups is 4. The molecule has 304 valence electrons. The van der Waals surface area contributed by atoms with Crippen LogP contribution in [0.5, 0.6) is 11.5 Å². The summed E-state index contributed by atoms with van der Waals surface area (Å²) in [6.07, 6.45) is -0.110. The third-order valence-corrected chi connectivity index (χ3v) is 11.9. The molecule has 8 rings (SSSR count). The average Bonchev–Trinajstić information content (AvgIpc) is 3.81. The number of halogens is 2. The zero-order valence-electron chi connectivity index (χ0n) is 32.2. The highest BCUT2D eigenvalue weighted by molar-refractivity contribution is 6.42. The zero-order valence-corrected chi connectivity index (χ0v) is 33.7. The van der Waals surface area contributed by atoms with Crippen molar-refractivity contribution in [2.24, 2.45) is 0 Å². The fourth-order valence-corrected chi connectivity index (χ4v) is 8.20. The van der Waals surface area contributed by atoms with Crippen LogP contribution >= 0.6 is 23.2 Å². The van der Waals surface area contributed by atoms with Crippen molar-refractivity contribution in [2.45, 2.75) is 69.5 Å². The fraction of sp³-hybridized carbons (Fsp3) is 0.255. The molecule has 60 heavy (non-hydrogen) atoms. The Labute approximate surface area is 356 Å². The molecule has 5 aromatic rings. The van der Waals surface area contributed by atoms with Crippen molar-refractivity contribution < 1.29 is 38.5 Å². The molecule has 2 amide bonds. The van der Waals surface area contributed by atoms with Gasteiger partial charge in [0.1, 0.15) is 36.3 Å². The van der Waals surface area contributed by atoms with Crippen LogP contribution in [0.1, 0.15) is 57.9 Å². The van der Waals surface area contributed by atoms with Crippen molar-refractivity contribution >= 4 is 46.8 Å². The van der Waals surface area contributed by atoms with Crippen LogP contribution in [0, 0.1) is 11.3 Å². The van der Waals surface area contributed by atoms with E-state index in [9.17, 15) is 24.3 Å². The SMILES string of the molecule is N#Cc1ccc(-c2ccc(C[C@H](NC(=O)[C@@H]3Cc4cc5c(cc4CN3C(=O)[C@@H]3CCCO3)OC(c3ccc(OCc4ccc(Cl)c(Cl)c4)cc3)C(=O)C5)C(=O)O)cc2)cc1. The number of carbonyl (C=O) groups excluding carboxylic acids is 3. The minimum atomic E-state index is -1.27. The van der Waals surface area contributed by atoms with Gasteiger partial charge in [0, 0.05) is 43.5 Å². The third kappa shape index (κ3) is 8.87. The Morgan fingerprint density at radius 3 is 2.27 bits per heavy atom. The van der Waals surface area contributed by atoms with Crippen molar-refractivity contribution in [3.05, 3.63) is 152 Å². The molecule has 0 saturated carbocycles. The van der Waals surface area contributed by atoms with E-state index in [1.807, 2.05) is 54.6 Å². The molecule has 3 aliphatic rings. The molecule has 0 aromatic heterocycles. The second kappa shape index (κ2) is 17.6. The Kier molecular flexibility index (Phi) is 11.9. The Hall–Kier alpha value is -6.19. The van der Waals surface area contributed by atoms with Crippen LogP contribution in [0.4, 0.5) is 0 Å². The van der Waals surface area contributed by atoms with Gasteiger partial charge in [-0.15, -0.1) is 0 Å². The molecule has 0 spiro atoms. The molecule has 3 heterocycles. The number of aliphatic carboxylic acids is 1. The first-order valence-electron chi connectivity index (χ1n) is 19.6. The van der Waals surface area contributed by atoms with E-state index < -0.39 is 36.2 Å². The van der Waals surface area contributed by atoms with Gasteiger partial charge in [-0.3, -0.25) is 14.4 Å². The van der Waals surface area contributed by atoms with Crippen LogP contribution in [0.25, 0.3) is 11.1 Å². The molecule has 13 heteroatoms. The van der Waals surface area contributed by atoms with E-state index in [-0.39, 0.29) is 44.1 Å². The number of nitrogens with zero attached hydrogens (tertiary/aromatic N) is 2. The lowest BCUT2D eigenvalue weighted by atomic mass is 9.87. The number of rotatable bonds is 11. The van der Waals surface area contributed by atoms with Gasteiger partial charge in [0.15, 0.2) is 11.9 Å². The summed E-state index contributed by atoms with van der Waals surface area (Å²) in [6.45, 7) is 0.782. The molecule has 11 nitrogen and oxygen atoms in total. The standard InChI is InChI=1S/C47H39Cl2N3O8/c48-37-16-7-29(18-38(37)49)26-59-36-14-12-32(13-15-36)44-41(53)22-34-20-33-21-40(52(25-35(33)23-43(34)60-44)46(55)42-2-1-17-58-42)45(54)51-39(47(56)57)19-27-3-8-30(9-4-27)31-10-5-28(24-50)6-11-31/h3-16,18,20,23,39-40,42,44H,1-2,17,19,21-22,25-26H2,(H,51,54)(H,56,57)/t39-,40-,42-,44?/m0/s1. The maximum Gasteiger partial charge on any atom is 0.326 e. The first-order chi connectivity index (χ1) is 29.0. The molecule has 1 fully saturated rings. The number of nitriles is 1. The highest BCUT2D eigenvalue weighted by atomic mass is 35.5. The average molecular weight is 845 g/mol. The van der Waals surface area contributed by atoms with E-state index >= 15 is 0 Å². The van der Waals surface area contributed by atoms with Crippen molar-refractivity contribution in [1.29, 1.82) is 5.26 Å². The van der Waals surface area contributed by atoms with Crippen LogP contribution in [0.15, 0.2) is 103 Å². The predicted octanol–water partition coefficient (Wildman–Crippen LogP) is 7.60. The molecule has 0 aliphatic carbocycles. The number of hydrogen-bond acceptors (Lipinski definition) is 8. The minimum absolute atomic E-state index is 0.0142. The molecular formula is C47H39Cl2N3O8. The molecule has 0 bridgehead atoms. The summed E-state index contributed by atoms with van der Waals surface area (Å²) in [7, 11) is 0. The molecule has 1 unspecified atom stereocenters. The molecule has 4 atom stereocenters. The van der Waals surface area contributed by atoms with Crippen molar-refractivity contribution in [1.82, 2.24) is 10.2 Å². The van der Waals surface area contributed by atoms with E-state index in [1.165, 1.54) is 4.90 Å². The van der Waals surface area contributed by atoms with E-state index in [4.69, 9.17) is 42.7 Å². The smallest absolute Gasteiger partial charge is 0.326 e. The summed E-state index contributed by atoms with van der Waals surface area (Å²) in [6, 6.07) is 30.4. The predicted molar refractivity (Wildman–Crippen MR) is 223 cm³/mol. The number of Topliss-reactive ketones (excluding diaryl/α,β-unsaturated/α-hetero) is 1. The highest BCUT2D eigenvalue weighted by Gasteiger charge is 2.41. The summed E-state index contributed by atoms with van der Waals surface area (Å²) >= 11 is 12.2. The van der Waals surface area contributed by atoms with Gasteiger partial charge in [-0.2, -0.15) is 5.26 Å². The van der Waals surface area contributed by atoms with Crippen LogP contribution in [0.3, 0.4) is 0 Å². The van der Waals surface area contributed by atoms with Gasteiger partial charge in [0.2, 0.25) is 5.91 Å². The van der Waals surface area contributed by atoms with Gasteiger partial charge in [0.25, 0.3) is 5.91 Å². The van der Waals surface area contributed by atoms with E-state index in [0.717, 1.165) is 27.8 Å². The highest BCUT2D eigenvalue weighted by Crippen LogP contribution is 2.38. The first-order valence-corrected chi connectivity index (χ1v) is 20.3. The van der Waals surface area contributed by atoms with Crippen molar-refractivity contribution in [3.63, 3.8) is 0 Å². The number of carboxylic acid groups (broad SMARTS) is 1. The van der Waals surface area contributed by atoms with E-state index in [0.29, 0.717) is 63.2 Å². The van der Waals surface area contributed by atoms with E-state index in [1.54, 1.807) is 48.5 Å². The number of amides is 2. The third-order valence-electron chi connectivity index (χ3n) is 11.1. The maximum atomic E-state index is 14.1. The molecule has 2 N–H and O–H groups in total. The summed E-state index contributed by atoms with van der Waals surface area (Å²) in [5.41, 5.74) is 6.76. The van der Waals surface area contributed by atoms with Crippen LogP contribution in [0.2, 0.25) is 10.0 Å². The van der Waals surface area contributed by atoms with Gasteiger partial charge in [0.05, 0.1) is 21.7 Å². The number of carboxylic acids is 1. The van der Waals surface area contributed by atoms with Gasteiger partial charge < -0.3 is 29.5 Å². The Bertz CT molecular complexity index is 2500. The summed E-state index contributed by atoms with van der Waals surface area (Å²) in [4.78, 5) is 55.6. The zero-order chi connectivity index (χ0) is 41.9. The number of hydrogen-bond donors (Lipinski definition) is 2. The minimum Gasteiger partial charge on any atom is -0.489 e. The summed E-state index contributed by atoms with van der Waals surface area (Å²) in [5, 5.41) is 23.0. The quantitative estimate of drug-likeness (QED) is 0.137. The summed E-state index contributed by atoms with van der Waals surface area (Å²) in [5.74, 6) is -1.16. The molecule has 3 aliphatic heterocycles. The van der Waals surface area contributed by atoms with Gasteiger partial charge in [-0.05, 0) is 88.7 Å². The number of ketones is 1. The van der Waals surface area contributed by atoms with Gasteiger partial charge in [-0.25, -0.2) is 4.79 Å². The Balaban J connectivity index is 0.974.